The predicted molar refractivity (Wildman–Crippen MR) is 109 cm³/mol. The largest absolute Gasteiger partial charge is 0.371 e. The molecule has 0 aliphatic carbocycles. The van der Waals surface area contributed by atoms with E-state index in [0.717, 1.165) is 11.1 Å². The summed E-state index contributed by atoms with van der Waals surface area (Å²) in [5, 5.41) is 0. The van der Waals surface area contributed by atoms with Gasteiger partial charge in [0.2, 0.25) is 0 Å². The number of ether oxygens (including phenoxy) is 1. The first-order chi connectivity index (χ1) is 13.5. The van der Waals surface area contributed by atoms with Crippen LogP contribution in [0.25, 0.3) is 0 Å². The van der Waals surface area contributed by atoms with E-state index in [2.05, 4.69) is 0 Å². The molecule has 2 rings (SSSR count). The quantitative estimate of drug-likeness (QED) is 0.521. The molecule has 160 valence electrons. The van der Waals surface area contributed by atoms with Crippen molar-refractivity contribution in [3.8, 4) is 0 Å². The van der Waals surface area contributed by atoms with Gasteiger partial charge < -0.3 is 4.74 Å². The van der Waals surface area contributed by atoms with E-state index in [9.17, 15) is 16.8 Å². The molecule has 0 aromatic heterocycles. The van der Waals surface area contributed by atoms with Gasteiger partial charge in [-0.15, -0.1) is 0 Å². The van der Waals surface area contributed by atoms with Crippen molar-refractivity contribution >= 4 is 20.2 Å². The second kappa shape index (κ2) is 9.82. The van der Waals surface area contributed by atoms with Gasteiger partial charge in [-0.3, -0.25) is 8.37 Å². The molecule has 0 bridgehead atoms. The second-order valence-corrected chi connectivity index (χ2v) is 10.1. The fourth-order valence-corrected chi connectivity index (χ4v) is 4.26. The molecule has 29 heavy (non-hydrogen) atoms. The zero-order chi connectivity index (χ0) is 21.7. The molecule has 2 aromatic carbocycles. The summed E-state index contributed by atoms with van der Waals surface area (Å²) < 4.78 is 65.1. The van der Waals surface area contributed by atoms with Crippen LogP contribution in [-0.2, 0) is 33.3 Å². The molecule has 2 aromatic rings. The smallest absolute Gasteiger partial charge is 0.297 e. The zero-order valence-corrected chi connectivity index (χ0v) is 18.5. The minimum Gasteiger partial charge on any atom is -0.371 e. The molecule has 0 saturated carbocycles. The highest BCUT2D eigenvalue weighted by Gasteiger charge is 2.23. The van der Waals surface area contributed by atoms with Gasteiger partial charge in [0.15, 0.2) is 0 Å². The number of hydrogen-bond acceptors (Lipinski definition) is 7. The summed E-state index contributed by atoms with van der Waals surface area (Å²) in [7, 11) is -8.01. The Bertz CT molecular complexity index is 914. The molecule has 0 N–H and O–H groups in total. The minimum atomic E-state index is -4.00. The van der Waals surface area contributed by atoms with Crippen molar-refractivity contribution in [2.24, 2.45) is 0 Å². The van der Waals surface area contributed by atoms with E-state index in [1.54, 1.807) is 38.1 Å². The summed E-state index contributed by atoms with van der Waals surface area (Å²) in [6, 6.07) is 12.4. The molecular formula is C20H26O7S2. The maximum atomic E-state index is 12.4. The number of rotatable bonds is 10. The Labute approximate surface area is 172 Å². The molecule has 0 atom stereocenters. The Morgan fingerprint density at radius 2 is 1.03 bits per heavy atom. The van der Waals surface area contributed by atoms with Crippen LogP contribution in [0, 0.1) is 13.8 Å². The Kier molecular flexibility index (Phi) is 7.95. The van der Waals surface area contributed by atoms with Crippen LogP contribution in [0.1, 0.15) is 25.0 Å². The van der Waals surface area contributed by atoms with Crippen LogP contribution < -0.4 is 0 Å². The first-order valence-corrected chi connectivity index (χ1v) is 11.9. The fourth-order valence-electron chi connectivity index (χ4n) is 2.39. The lowest BCUT2D eigenvalue weighted by atomic mass is 10.2. The summed E-state index contributed by atoms with van der Waals surface area (Å²) in [4.78, 5) is 0.0270. The highest BCUT2D eigenvalue weighted by atomic mass is 32.2. The Balaban J connectivity index is 2.05. The van der Waals surface area contributed by atoms with E-state index >= 15 is 0 Å². The lowest BCUT2D eigenvalue weighted by Crippen LogP contribution is -2.31. The van der Waals surface area contributed by atoms with Gasteiger partial charge in [-0.25, -0.2) is 0 Å². The lowest BCUT2D eigenvalue weighted by Gasteiger charge is -2.20. The SMILES string of the molecule is Cc1ccc(S(=O)(=O)OCC(COS(=O)(=O)c2ccc(C)cc2)OC(C)C)cc1. The van der Waals surface area contributed by atoms with E-state index in [1.807, 2.05) is 13.8 Å². The molecule has 0 heterocycles. The third-order valence-corrected chi connectivity index (χ3v) is 6.49. The van der Waals surface area contributed by atoms with Crippen LogP contribution in [0.2, 0.25) is 0 Å². The average molecular weight is 443 g/mol. The Morgan fingerprint density at radius 1 is 0.690 bits per heavy atom. The van der Waals surface area contributed by atoms with Gasteiger partial charge in [0.25, 0.3) is 20.2 Å². The lowest BCUT2D eigenvalue weighted by molar-refractivity contribution is -0.0370. The van der Waals surface area contributed by atoms with Crippen molar-refractivity contribution in [1.29, 1.82) is 0 Å². The van der Waals surface area contributed by atoms with E-state index < -0.39 is 26.3 Å². The van der Waals surface area contributed by atoms with Crippen LogP contribution in [0.15, 0.2) is 58.3 Å². The molecule has 0 unspecified atom stereocenters. The van der Waals surface area contributed by atoms with Gasteiger partial charge in [0.05, 0.1) is 29.1 Å². The van der Waals surface area contributed by atoms with Gasteiger partial charge in [-0.05, 0) is 52.0 Å². The molecule has 7 nitrogen and oxygen atoms in total. The third-order valence-electron chi connectivity index (χ3n) is 3.90. The topological polar surface area (TPSA) is 96.0 Å². The molecule has 0 radical (unpaired) electrons. The maximum absolute atomic E-state index is 12.4. The first-order valence-electron chi connectivity index (χ1n) is 9.07. The van der Waals surface area contributed by atoms with Crippen molar-refractivity contribution < 1.29 is 29.9 Å². The number of aryl methyl sites for hydroxylation is 2. The first kappa shape index (κ1) is 23.5. The molecule has 0 amide bonds. The number of benzene rings is 2. The third kappa shape index (κ3) is 7.20. The van der Waals surface area contributed by atoms with Crippen LogP contribution in [-0.4, -0.2) is 42.3 Å². The number of hydrogen-bond donors (Lipinski definition) is 0. The second-order valence-electron chi connectivity index (χ2n) is 6.91. The van der Waals surface area contributed by atoms with Crippen molar-refractivity contribution in [3.63, 3.8) is 0 Å². The van der Waals surface area contributed by atoms with Gasteiger partial charge in [-0.2, -0.15) is 16.8 Å². The van der Waals surface area contributed by atoms with Gasteiger partial charge in [-0.1, -0.05) is 35.4 Å². The van der Waals surface area contributed by atoms with Gasteiger partial charge in [0.1, 0.15) is 6.10 Å². The predicted octanol–water partition coefficient (Wildman–Crippen LogP) is 3.21. The highest BCUT2D eigenvalue weighted by molar-refractivity contribution is 7.87. The summed E-state index contributed by atoms with van der Waals surface area (Å²) in [5.74, 6) is 0. The fraction of sp³-hybridized carbons (Fsp3) is 0.400. The average Bonchev–Trinajstić information content (AvgIpc) is 2.64. The minimum absolute atomic E-state index is 0.0135. The van der Waals surface area contributed by atoms with Crippen molar-refractivity contribution in [2.75, 3.05) is 13.2 Å². The summed E-state index contributed by atoms with van der Waals surface area (Å²) in [5.41, 5.74) is 1.83. The molecule has 0 spiro atoms. The van der Waals surface area contributed by atoms with E-state index in [4.69, 9.17) is 13.1 Å². The summed E-state index contributed by atoms with van der Waals surface area (Å²) >= 11 is 0. The van der Waals surface area contributed by atoms with Gasteiger partial charge in [0, 0.05) is 0 Å². The van der Waals surface area contributed by atoms with E-state index in [-0.39, 0.29) is 29.1 Å². The van der Waals surface area contributed by atoms with Crippen LogP contribution in [0.3, 0.4) is 0 Å². The standard InChI is InChI=1S/C20H26O7S2/c1-15(2)27-18(13-25-28(21,22)19-9-5-16(3)6-10-19)14-26-29(23,24)20-11-7-17(4)8-12-20/h5-12,15,18H,13-14H2,1-4H3. The van der Waals surface area contributed by atoms with Crippen LogP contribution in [0.4, 0.5) is 0 Å². The monoisotopic (exact) mass is 442 g/mol. The summed E-state index contributed by atoms with van der Waals surface area (Å²) in [6.45, 7) is 6.42. The van der Waals surface area contributed by atoms with Crippen molar-refractivity contribution in [2.45, 2.75) is 49.7 Å². The zero-order valence-electron chi connectivity index (χ0n) is 16.9. The van der Waals surface area contributed by atoms with Crippen LogP contribution in [0.5, 0.6) is 0 Å². The molecular weight excluding hydrogens is 416 g/mol. The van der Waals surface area contributed by atoms with Crippen LogP contribution >= 0.6 is 0 Å². The van der Waals surface area contributed by atoms with Crippen molar-refractivity contribution in [3.05, 3.63) is 59.7 Å². The Morgan fingerprint density at radius 3 is 1.34 bits per heavy atom. The van der Waals surface area contributed by atoms with Crippen molar-refractivity contribution in [1.82, 2.24) is 0 Å². The highest BCUT2D eigenvalue weighted by Crippen LogP contribution is 2.17. The molecule has 0 fully saturated rings. The van der Waals surface area contributed by atoms with Gasteiger partial charge >= 0.3 is 0 Å². The molecule has 0 aliphatic heterocycles. The van der Waals surface area contributed by atoms with E-state index in [0.29, 0.717) is 0 Å². The molecule has 9 heteroatoms. The maximum Gasteiger partial charge on any atom is 0.297 e. The van der Waals surface area contributed by atoms with E-state index in [1.165, 1.54) is 24.3 Å². The summed E-state index contributed by atoms with van der Waals surface area (Å²) in [6.07, 6.45) is -1.17. The molecule has 0 saturated heterocycles. The molecule has 0 aliphatic rings. The Hall–Kier alpha value is -1.78. The normalized spacial score (nSPS) is 12.6.